The van der Waals surface area contributed by atoms with Crippen LogP contribution >= 0.6 is 11.5 Å². The van der Waals surface area contributed by atoms with E-state index in [-0.39, 0.29) is 6.03 Å². The standard InChI is InChI=1S/C11H19N3OS/c1-5-8(3)9-7-10(16-13-9)12-11(15)14(4)6-2/h7-8H,5-6H2,1-4H3,(H,12,15). The smallest absolute Gasteiger partial charge is 0.322 e. The van der Waals surface area contributed by atoms with Gasteiger partial charge in [0.25, 0.3) is 0 Å². The normalized spacial score (nSPS) is 12.2. The Morgan fingerprint density at radius 3 is 2.88 bits per heavy atom. The first-order valence-electron chi connectivity index (χ1n) is 5.57. The number of carbonyl (C=O) groups excluding carboxylic acids is 1. The molecule has 1 aromatic heterocycles. The van der Waals surface area contributed by atoms with Gasteiger partial charge in [-0.05, 0) is 36.9 Å². The van der Waals surface area contributed by atoms with E-state index in [1.807, 2.05) is 13.0 Å². The van der Waals surface area contributed by atoms with Gasteiger partial charge in [0.1, 0.15) is 5.00 Å². The summed E-state index contributed by atoms with van der Waals surface area (Å²) in [6.07, 6.45) is 1.06. The Kier molecular flexibility index (Phi) is 4.73. The molecule has 5 heteroatoms. The number of rotatable bonds is 4. The van der Waals surface area contributed by atoms with Crippen LogP contribution in [0.1, 0.15) is 38.8 Å². The molecule has 0 aromatic carbocycles. The van der Waals surface area contributed by atoms with E-state index in [1.54, 1.807) is 11.9 Å². The fourth-order valence-electron chi connectivity index (χ4n) is 1.13. The van der Waals surface area contributed by atoms with E-state index in [0.29, 0.717) is 12.5 Å². The van der Waals surface area contributed by atoms with Crippen molar-refractivity contribution in [3.8, 4) is 0 Å². The molecule has 0 saturated carbocycles. The zero-order chi connectivity index (χ0) is 12.1. The molecule has 4 nitrogen and oxygen atoms in total. The van der Waals surface area contributed by atoms with Crippen molar-refractivity contribution < 1.29 is 4.79 Å². The Hall–Kier alpha value is -1.10. The molecule has 0 aliphatic rings. The SMILES string of the molecule is CCC(C)c1cc(NC(=O)N(C)CC)sn1. The molecule has 2 amide bonds. The fraction of sp³-hybridized carbons (Fsp3) is 0.636. The summed E-state index contributed by atoms with van der Waals surface area (Å²) in [6.45, 7) is 6.91. The molecule has 0 saturated heterocycles. The van der Waals surface area contributed by atoms with Gasteiger partial charge >= 0.3 is 6.03 Å². The Morgan fingerprint density at radius 1 is 1.62 bits per heavy atom. The molecule has 0 fully saturated rings. The summed E-state index contributed by atoms with van der Waals surface area (Å²) in [5, 5.41) is 3.65. The summed E-state index contributed by atoms with van der Waals surface area (Å²) in [6, 6.07) is 1.88. The van der Waals surface area contributed by atoms with Crippen LogP contribution in [-0.2, 0) is 0 Å². The van der Waals surface area contributed by atoms with E-state index in [1.165, 1.54) is 11.5 Å². The van der Waals surface area contributed by atoms with Crippen molar-refractivity contribution in [3.05, 3.63) is 11.8 Å². The topological polar surface area (TPSA) is 45.2 Å². The molecule has 1 aromatic rings. The summed E-state index contributed by atoms with van der Waals surface area (Å²) in [4.78, 5) is 13.2. The first-order valence-corrected chi connectivity index (χ1v) is 6.34. The number of nitrogens with zero attached hydrogens (tertiary/aromatic N) is 2. The van der Waals surface area contributed by atoms with Crippen LogP contribution in [-0.4, -0.2) is 28.9 Å². The third kappa shape index (κ3) is 3.20. The van der Waals surface area contributed by atoms with Crippen molar-refractivity contribution in [2.24, 2.45) is 0 Å². The maximum atomic E-state index is 11.6. The van der Waals surface area contributed by atoms with E-state index in [2.05, 4.69) is 23.5 Å². The lowest BCUT2D eigenvalue weighted by Crippen LogP contribution is -2.30. The van der Waals surface area contributed by atoms with E-state index >= 15 is 0 Å². The number of anilines is 1. The van der Waals surface area contributed by atoms with Crippen LogP contribution in [0.3, 0.4) is 0 Å². The average Bonchev–Trinajstić information content (AvgIpc) is 2.75. The number of urea groups is 1. The monoisotopic (exact) mass is 241 g/mol. The zero-order valence-corrected chi connectivity index (χ0v) is 11.1. The highest BCUT2D eigenvalue weighted by molar-refractivity contribution is 7.10. The molecule has 0 bridgehead atoms. The number of nitrogens with one attached hydrogen (secondary N) is 1. The maximum absolute atomic E-state index is 11.6. The molecule has 1 atom stereocenters. The lowest BCUT2D eigenvalue weighted by molar-refractivity contribution is 0.225. The van der Waals surface area contributed by atoms with Crippen molar-refractivity contribution in [2.75, 3.05) is 18.9 Å². The molecule has 0 aliphatic carbocycles. The van der Waals surface area contributed by atoms with Crippen molar-refractivity contribution >= 4 is 22.6 Å². The second-order valence-corrected chi connectivity index (χ2v) is 4.67. The summed E-state index contributed by atoms with van der Waals surface area (Å²) in [7, 11) is 1.77. The van der Waals surface area contributed by atoms with Crippen molar-refractivity contribution in [1.29, 1.82) is 0 Å². The second kappa shape index (κ2) is 5.84. The summed E-state index contributed by atoms with van der Waals surface area (Å²) < 4.78 is 4.33. The molecule has 0 radical (unpaired) electrons. The van der Waals surface area contributed by atoms with Gasteiger partial charge in [-0.25, -0.2) is 4.79 Å². The van der Waals surface area contributed by atoms with E-state index in [9.17, 15) is 4.79 Å². The Bertz CT molecular complexity index is 351. The summed E-state index contributed by atoms with van der Waals surface area (Å²) in [5.74, 6) is 0.450. The molecule has 90 valence electrons. The number of hydrogen-bond donors (Lipinski definition) is 1. The number of amides is 2. The molecule has 1 heterocycles. The Morgan fingerprint density at radius 2 is 2.31 bits per heavy atom. The van der Waals surface area contributed by atoms with Gasteiger partial charge in [0.05, 0.1) is 5.69 Å². The van der Waals surface area contributed by atoms with Gasteiger partial charge in [-0.1, -0.05) is 13.8 Å². The van der Waals surface area contributed by atoms with E-state index in [0.717, 1.165) is 17.1 Å². The van der Waals surface area contributed by atoms with Gasteiger partial charge in [0.15, 0.2) is 0 Å². The molecule has 1 rings (SSSR count). The van der Waals surface area contributed by atoms with Crippen molar-refractivity contribution in [3.63, 3.8) is 0 Å². The molecular formula is C11H19N3OS. The highest BCUT2D eigenvalue weighted by Crippen LogP contribution is 2.24. The first kappa shape index (κ1) is 13.0. The van der Waals surface area contributed by atoms with E-state index in [4.69, 9.17) is 0 Å². The zero-order valence-electron chi connectivity index (χ0n) is 10.3. The highest BCUT2D eigenvalue weighted by Gasteiger charge is 2.11. The molecule has 16 heavy (non-hydrogen) atoms. The van der Waals surface area contributed by atoms with Gasteiger partial charge in [-0.15, -0.1) is 0 Å². The van der Waals surface area contributed by atoms with Gasteiger partial charge in [-0.3, -0.25) is 5.32 Å². The van der Waals surface area contributed by atoms with Crippen LogP contribution in [0.4, 0.5) is 9.80 Å². The third-order valence-corrected chi connectivity index (χ3v) is 3.42. The Balaban J connectivity index is 2.62. The van der Waals surface area contributed by atoms with Crippen LogP contribution in [0.2, 0.25) is 0 Å². The lowest BCUT2D eigenvalue weighted by atomic mass is 10.1. The predicted molar refractivity (Wildman–Crippen MR) is 68.1 cm³/mol. The van der Waals surface area contributed by atoms with Crippen molar-refractivity contribution in [1.82, 2.24) is 9.27 Å². The maximum Gasteiger partial charge on any atom is 0.322 e. The largest absolute Gasteiger partial charge is 0.328 e. The summed E-state index contributed by atoms with van der Waals surface area (Å²) in [5.41, 5.74) is 1.06. The van der Waals surface area contributed by atoms with Crippen LogP contribution in [0.15, 0.2) is 6.07 Å². The van der Waals surface area contributed by atoms with Gasteiger partial charge in [0, 0.05) is 13.6 Å². The fourth-order valence-corrected chi connectivity index (χ4v) is 1.88. The number of aromatic nitrogens is 1. The lowest BCUT2D eigenvalue weighted by Gasteiger charge is -2.13. The van der Waals surface area contributed by atoms with Crippen LogP contribution in [0.25, 0.3) is 0 Å². The second-order valence-electron chi connectivity index (χ2n) is 3.87. The van der Waals surface area contributed by atoms with Gasteiger partial charge in [-0.2, -0.15) is 4.37 Å². The van der Waals surface area contributed by atoms with Crippen LogP contribution in [0, 0.1) is 0 Å². The molecular weight excluding hydrogens is 222 g/mol. The predicted octanol–water partition coefficient (Wildman–Crippen LogP) is 3.14. The van der Waals surface area contributed by atoms with Crippen LogP contribution in [0.5, 0.6) is 0 Å². The van der Waals surface area contributed by atoms with E-state index < -0.39 is 0 Å². The molecule has 1 unspecified atom stereocenters. The molecule has 0 spiro atoms. The minimum Gasteiger partial charge on any atom is -0.328 e. The van der Waals surface area contributed by atoms with Crippen LogP contribution < -0.4 is 5.32 Å². The highest BCUT2D eigenvalue weighted by atomic mass is 32.1. The average molecular weight is 241 g/mol. The summed E-state index contributed by atoms with van der Waals surface area (Å²) >= 11 is 1.34. The minimum absolute atomic E-state index is 0.0816. The Labute approximate surface area is 101 Å². The molecule has 0 aliphatic heterocycles. The quantitative estimate of drug-likeness (QED) is 0.880. The van der Waals surface area contributed by atoms with Gasteiger partial charge < -0.3 is 4.90 Å². The minimum atomic E-state index is -0.0816. The third-order valence-electron chi connectivity index (χ3n) is 2.70. The van der Waals surface area contributed by atoms with Gasteiger partial charge in [0.2, 0.25) is 0 Å². The number of hydrogen-bond acceptors (Lipinski definition) is 3. The molecule has 1 N–H and O–H groups in total. The van der Waals surface area contributed by atoms with Crippen molar-refractivity contribution in [2.45, 2.75) is 33.1 Å². The number of carbonyl (C=O) groups is 1. The first-order chi connectivity index (χ1) is 7.58.